The number of rotatable bonds is 1. The Bertz CT molecular complexity index is 549. The van der Waals surface area contributed by atoms with E-state index in [9.17, 15) is 9.59 Å². The molecule has 4 nitrogen and oxygen atoms in total. The lowest BCUT2D eigenvalue weighted by Gasteiger charge is -2.29. The van der Waals surface area contributed by atoms with Crippen molar-refractivity contribution in [3.05, 3.63) is 24.3 Å². The molecule has 1 aliphatic heterocycles. The highest BCUT2D eigenvalue weighted by molar-refractivity contribution is 6.05. The zero-order chi connectivity index (χ0) is 14.8. The molecule has 1 unspecified atom stereocenters. The fourth-order valence-corrected chi connectivity index (χ4v) is 3.30. The van der Waals surface area contributed by atoms with Crippen LogP contribution in [0.25, 0.3) is 0 Å². The molecule has 4 heteroatoms. The van der Waals surface area contributed by atoms with Crippen molar-refractivity contribution in [1.82, 2.24) is 0 Å². The maximum Gasteiger partial charge on any atom is 0.230 e. The van der Waals surface area contributed by atoms with Gasteiger partial charge in [0.25, 0.3) is 0 Å². The fourth-order valence-electron chi connectivity index (χ4n) is 3.30. The molecule has 0 bridgehead atoms. The number of carbonyl (C=O) groups is 2. The second-order valence-corrected chi connectivity index (χ2v) is 6.19. The Morgan fingerprint density at radius 2 is 1.90 bits per heavy atom. The van der Waals surface area contributed by atoms with Gasteiger partial charge in [0.2, 0.25) is 11.8 Å². The summed E-state index contributed by atoms with van der Waals surface area (Å²) >= 11 is 0. The van der Waals surface area contributed by atoms with Crippen LogP contribution < -0.4 is 10.2 Å². The van der Waals surface area contributed by atoms with Crippen LogP contribution in [0.1, 0.15) is 39.0 Å². The molecule has 2 aliphatic rings. The number of fused-ring (bicyclic) bond motifs is 1. The third-order valence-corrected chi connectivity index (χ3v) is 4.58. The smallest absolute Gasteiger partial charge is 0.230 e. The number of anilines is 2. The predicted octanol–water partition coefficient (Wildman–Crippen LogP) is 3.19. The molecule has 0 radical (unpaired) electrons. The van der Waals surface area contributed by atoms with Crippen LogP contribution in [0.5, 0.6) is 0 Å². The monoisotopic (exact) mass is 286 g/mol. The topological polar surface area (TPSA) is 49.4 Å². The van der Waals surface area contributed by atoms with Crippen molar-refractivity contribution in [1.29, 1.82) is 0 Å². The van der Waals surface area contributed by atoms with Gasteiger partial charge in [-0.05, 0) is 25.0 Å². The summed E-state index contributed by atoms with van der Waals surface area (Å²) in [6.45, 7) is 2.35. The normalized spacial score (nSPS) is 23.2. The first kappa shape index (κ1) is 14.1. The van der Waals surface area contributed by atoms with E-state index in [1.165, 1.54) is 6.42 Å². The van der Waals surface area contributed by atoms with Crippen molar-refractivity contribution in [3.63, 3.8) is 0 Å². The third kappa shape index (κ3) is 2.80. The molecule has 1 aliphatic carbocycles. The van der Waals surface area contributed by atoms with Crippen LogP contribution in [0.2, 0.25) is 0 Å². The Labute approximate surface area is 125 Å². The van der Waals surface area contributed by atoms with Crippen LogP contribution in [0.3, 0.4) is 0 Å². The van der Waals surface area contributed by atoms with Crippen molar-refractivity contribution in [3.8, 4) is 0 Å². The molecule has 1 saturated carbocycles. The van der Waals surface area contributed by atoms with Gasteiger partial charge in [-0.1, -0.05) is 38.3 Å². The van der Waals surface area contributed by atoms with Gasteiger partial charge >= 0.3 is 0 Å². The number of hydrogen-bond donors (Lipinski definition) is 1. The van der Waals surface area contributed by atoms with Crippen molar-refractivity contribution in [2.24, 2.45) is 11.8 Å². The third-order valence-electron chi connectivity index (χ3n) is 4.58. The molecule has 0 saturated heterocycles. The summed E-state index contributed by atoms with van der Waals surface area (Å²) < 4.78 is 0. The molecule has 0 spiro atoms. The van der Waals surface area contributed by atoms with Crippen LogP contribution >= 0.6 is 0 Å². The molecule has 3 rings (SSSR count). The Morgan fingerprint density at radius 1 is 1.19 bits per heavy atom. The van der Waals surface area contributed by atoms with Crippen molar-refractivity contribution in [2.45, 2.75) is 39.0 Å². The Hall–Kier alpha value is -1.84. The number of benzene rings is 1. The van der Waals surface area contributed by atoms with Gasteiger partial charge in [-0.3, -0.25) is 9.59 Å². The highest BCUT2D eigenvalue weighted by Crippen LogP contribution is 2.33. The summed E-state index contributed by atoms with van der Waals surface area (Å²) in [5, 5.41) is 2.93. The van der Waals surface area contributed by atoms with Gasteiger partial charge in [0.15, 0.2) is 0 Å². The van der Waals surface area contributed by atoms with Crippen molar-refractivity contribution < 1.29 is 9.59 Å². The summed E-state index contributed by atoms with van der Waals surface area (Å²) in [7, 11) is 0. The minimum atomic E-state index is -0.190. The van der Waals surface area contributed by atoms with E-state index < -0.39 is 0 Å². The molecule has 1 fully saturated rings. The predicted molar refractivity (Wildman–Crippen MR) is 83.2 cm³/mol. The molecular formula is C17H22N2O2. The number of carbonyl (C=O) groups excluding carboxylic acids is 2. The molecule has 21 heavy (non-hydrogen) atoms. The molecular weight excluding hydrogens is 264 g/mol. The van der Waals surface area contributed by atoms with Gasteiger partial charge in [-0.15, -0.1) is 0 Å². The lowest BCUT2D eigenvalue weighted by Crippen LogP contribution is -2.40. The Balaban J connectivity index is 1.92. The van der Waals surface area contributed by atoms with Gasteiger partial charge in [-0.25, -0.2) is 0 Å². The molecule has 1 N–H and O–H groups in total. The molecule has 112 valence electrons. The molecule has 0 aromatic heterocycles. The minimum Gasteiger partial charge on any atom is -0.324 e. The quantitative estimate of drug-likeness (QED) is 0.862. The first-order chi connectivity index (χ1) is 10.2. The van der Waals surface area contributed by atoms with Crippen LogP contribution in [-0.2, 0) is 9.59 Å². The van der Waals surface area contributed by atoms with E-state index in [1.54, 1.807) is 0 Å². The lowest BCUT2D eigenvalue weighted by atomic mass is 9.88. The highest BCUT2D eigenvalue weighted by atomic mass is 16.2. The SMILES string of the molecule is CC1CN(C(=O)C2CCCCC2)c2ccccc2NC1=O. The number of nitrogens with one attached hydrogen (secondary N) is 1. The summed E-state index contributed by atoms with van der Waals surface area (Å²) in [6, 6.07) is 7.60. The van der Waals surface area contributed by atoms with Crippen LogP contribution in [0.15, 0.2) is 24.3 Å². The average molecular weight is 286 g/mol. The van der Waals surface area contributed by atoms with Gasteiger partial charge in [0.1, 0.15) is 0 Å². The molecule has 2 amide bonds. The van der Waals surface area contributed by atoms with E-state index in [4.69, 9.17) is 0 Å². The van der Waals surface area contributed by atoms with E-state index in [0.29, 0.717) is 6.54 Å². The van der Waals surface area contributed by atoms with Crippen LogP contribution in [-0.4, -0.2) is 18.4 Å². The average Bonchev–Trinajstić information content (AvgIpc) is 2.65. The molecule has 1 aromatic carbocycles. The summed E-state index contributed by atoms with van der Waals surface area (Å²) in [5.74, 6) is 0.101. The van der Waals surface area contributed by atoms with E-state index in [-0.39, 0.29) is 23.7 Å². The van der Waals surface area contributed by atoms with Crippen LogP contribution in [0, 0.1) is 11.8 Å². The molecule has 1 heterocycles. The standard InChI is InChI=1S/C17H22N2O2/c1-12-11-19(17(21)13-7-3-2-4-8-13)15-10-6-5-9-14(15)18-16(12)20/h5-6,9-10,12-13H,2-4,7-8,11H2,1H3,(H,18,20). The van der Waals surface area contributed by atoms with E-state index in [0.717, 1.165) is 37.1 Å². The zero-order valence-corrected chi connectivity index (χ0v) is 12.5. The van der Waals surface area contributed by atoms with Gasteiger partial charge in [0.05, 0.1) is 17.3 Å². The van der Waals surface area contributed by atoms with E-state index in [2.05, 4.69) is 5.32 Å². The molecule has 1 aromatic rings. The lowest BCUT2D eigenvalue weighted by molar-refractivity contribution is -0.123. The maximum atomic E-state index is 12.9. The van der Waals surface area contributed by atoms with Crippen molar-refractivity contribution in [2.75, 3.05) is 16.8 Å². The summed E-state index contributed by atoms with van der Waals surface area (Å²) in [5.41, 5.74) is 1.58. The summed E-state index contributed by atoms with van der Waals surface area (Å²) in [4.78, 5) is 26.8. The maximum absolute atomic E-state index is 12.9. The highest BCUT2D eigenvalue weighted by Gasteiger charge is 2.32. The van der Waals surface area contributed by atoms with Gasteiger partial charge < -0.3 is 10.2 Å². The number of para-hydroxylation sites is 2. The fraction of sp³-hybridized carbons (Fsp3) is 0.529. The van der Waals surface area contributed by atoms with Gasteiger partial charge in [0, 0.05) is 12.5 Å². The second kappa shape index (κ2) is 5.88. The first-order valence-electron chi connectivity index (χ1n) is 7.88. The molecule has 1 atom stereocenters. The van der Waals surface area contributed by atoms with Crippen molar-refractivity contribution >= 4 is 23.2 Å². The zero-order valence-electron chi connectivity index (χ0n) is 12.5. The number of nitrogens with zero attached hydrogens (tertiary/aromatic N) is 1. The Kier molecular flexibility index (Phi) is 3.95. The number of amides is 2. The first-order valence-corrected chi connectivity index (χ1v) is 7.88. The van der Waals surface area contributed by atoms with Gasteiger partial charge in [-0.2, -0.15) is 0 Å². The largest absolute Gasteiger partial charge is 0.324 e. The number of hydrogen-bond acceptors (Lipinski definition) is 2. The minimum absolute atomic E-state index is 0.0126. The second-order valence-electron chi connectivity index (χ2n) is 6.19. The summed E-state index contributed by atoms with van der Waals surface area (Å²) in [6.07, 6.45) is 5.47. The van der Waals surface area contributed by atoms with E-state index >= 15 is 0 Å². The Morgan fingerprint density at radius 3 is 2.67 bits per heavy atom. The van der Waals surface area contributed by atoms with E-state index in [1.807, 2.05) is 36.1 Å². The van der Waals surface area contributed by atoms with Crippen LogP contribution in [0.4, 0.5) is 11.4 Å².